The van der Waals surface area contributed by atoms with Crippen molar-refractivity contribution in [3.05, 3.63) is 101 Å². The maximum Gasteiger partial charge on any atom is 0.233 e. The Bertz CT molecular complexity index is 1510. The predicted octanol–water partition coefficient (Wildman–Crippen LogP) is 4.84. The first-order valence-electron chi connectivity index (χ1n) is 16.0. The van der Waals surface area contributed by atoms with Gasteiger partial charge >= 0.3 is 0 Å². The van der Waals surface area contributed by atoms with Gasteiger partial charge in [-0.15, -0.1) is 0 Å². The third kappa shape index (κ3) is 9.68. The molecule has 0 bridgehead atoms. The number of rotatable bonds is 18. The number of hydrogen-bond donors (Lipinski definition) is 4. The minimum atomic E-state index is -2.98. The first kappa shape index (κ1) is 35.7. The first-order chi connectivity index (χ1) is 21.9. The van der Waals surface area contributed by atoms with Gasteiger partial charge in [-0.05, 0) is 97.9 Å². The van der Waals surface area contributed by atoms with Crippen molar-refractivity contribution >= 4 is 21.4 Å². The second-order valence-corrected chi connectivity index (χ2v) is 14.9. The van der Waals surface area contributed by atoms with Crippen LogP contribution in [0, 0.1) is 11.7 Å². The standard InChI is InChI=1S/C36H46FNO7S/c1-46(44,45)23-5-3-7-27-10-18-31(19-11-27)38-34(32(35(38)42)20-21-33(41)28-14-16-30(37)17-15-28)29-12-8-26(9-13-29)6-2-4-22-36(43,24-39)25-40/h8-19,32-34,39-41,43H,2-7,20-25H2,1H3/t32?,33-,34+/m0/s1. The Balaban J connectivity index is 1.44. The number of carbonyl (C=O) groups excluding carboxylic acids is 1. The number of anilines is 1. The summed E-state index contributed by atoms with van der Waals surface area (Å²) in [5.74, 6) is -0.573. The fraction of sp³-hybridized carbons (Fsp3) is 0.472. The number of unbranched alkanes of at least 4 members (excludes halogenated alkanes) is 2. The van der Waals surface area contributed by atoms with Crippen molar-refractivity contribution in [2.75, 3.05) is 30.1 Å². The van der Waals surface area contributed by atoms with Crippen molar-refractivity contribution in [2.24, 2.45) is 5.92 Å². The number of aliphatic hydroxyl groups is 4. The second-order valence-electron chi connectivity index (χ2n) is 12.6. The van der Waals surface area contributed by atoms with E-state index in [1.54, 1.807) is 17.0 Å². The average molecular weight is 656 g/mol. The summed E-state index contributed by atoms with van der Waals surface area (Å²) in [5.41, 5.74) is 3.07. The molecule has 250 valence electrons. The molecule has 46 heavy (non-hydrogen) atoms. The van der Waals surface area contributed by atoms with Crippen LogP contribution in [-0.4, -0.2) is 65.6 Å². The number of sulfone groups is 1. The largest absolute Gasteiger partial charge is 0.393 e. The van der Waals surface area contributed by atoms with E-state index in [1.165, 1.54) is 18.4 Å². The minimum Gasteiger partial charge on any atom is -0.393 e. The number of benzene rings is 3. The van der Waals surface area contributed by atoms with Crippen LogP contribution in [0.4, 0.5) is 10.1 Å². The lowest BCUT2D eigenvalue weighted by Gasteiger charge is -2.48. The number of aryl methyl sites for hydroxylation is 2. The van der Waals surface area contributed by atoms with E-state index in [9.17, 15) is 38.0 Å². The maximum atomic E-state index is 13.6. The van der Waals surface area contributed by atoms with Crippen LogP contribution in [0.1, 0.15) is 79.3 Å². The molecule has 0 saturated carbocycles. The van der Waals surface area contributed by atoms with Crippen molar-refractivity contribution in [1.29, 1.82) is 0 Å². The highest BCUT2D eigenvalue weighted by Gasteiger charge is 2.48. The maximum absolute atomic E-state index is 13.6. The second kappa shape index (κ2) is 16.1. The Morgan fingerprint density at radius 1 is 0.848 bits per heavy atom. The summed E-state index contributed by atoms with van der Waals surface area (Å²) in [5, 5.41) is 39.4. The molecular weight excluding hydrogens is 609 g/mol. The molecule has 10 heteroatoms. The van der Waals surface area contributed by atoms with Gasteiger partial charge in [0.2, 0.25) is 5.91 Å². The smallest absolute Gasteiger partial charge is 0.233 e. The molecule has 3 atom stereocenters. The molecule has 1 amide bonds. The Kier molecular flexibility index (Phi) is 12.5. The van der Waals surface area contributed by atoms with E-state index in [2.05, 4.69) is 0 Å². The van der Waals surface area contributed by atoms with Gasteiger partial charge in [-0.1, -0.05) is 55.0 Å². The van der Waals surface area contributed by atoms with E-state index in [-0.39, 0.29) is 29.4 Å². The first-order valence-corrected chi connectivity index (χ1v) is 18.1. The normalized spacial score (nSPS) is 17.6. The number of β-lactam (4-membered cyclic amide) rings is 1. The molecule has 0 radical (unpaired) electrons. The number of carbonyl (C=O) groups is 1. The highest BCUT2D eigenvalue weighted by molar-refractivity contribution is 7.90. The molecular formula is C36H46FNO7S. The zero-order chi connectivity index (χ0) is 33.3. The molecule has 1 unspecified atom stereocenters. The predicted molar refractivity (Wildman–Crippen MR) is 177 cm³/mol. The molecule has 1 saturated heterocycles. The molecule has 3 aromatic carbocycles. The Labute approximate surface area is 271 Å². The molecule has 1 fully saturated rings. The topological polar surface area (TPSA) is 135 Å². The summed E-state index contributed by atoms with van der Waals surface area (Å²) in [6.07, 6.45) is 5.84. The summed E-state index contributed by atoms with van der Waals surface area (Å²) >= 11 is 0. The Morgan fingerprint density at radius 3 is 1.98 bits per heavy atom. The highest BCUT2D eigenvalue weighted by Crippen LogP contribution is 2.46. The van der Waals surface area contributed by atoms with Crippen molar-refractivity contribution in [3.63, 3.8) is 0 Å². The zero-order valence-corrected chi connectivity index (χ0v) is 27.2. The lowest BCUT2D eigenvalue weighted by atomic mass is 9.78. The molecule has 8 nitrogen and oxygen atoms in total. The van der Waals surface area contributed by atoms with Crippen LogP contribution in [0.2, 0.25) is 0 Å². The van der Waals surface area contributed by atoms with Crippen LogP contribution in [-0.2, 0) is 27.5 Å². The summed E-state index contributed by atoms with van der Waals surface area (Å²) < 4.78 is 36.2. The average Bonchev–Trinajstić information content (AvgIpc) is 3.04. The third-order valence-electron chi connectivity index (χ3n) is 8.93. The van der Waals surface area contributed by atoms with Gasteiger partial charge in [-0.2, -0.15) is 0 Å². The molecule has 1 heterocycles. The van der Waals surface area contributed by atoms with Crippen LogP contribution in [0.25, 0.3) is 0 Å². The fourth-order valence-electron chi connectivity index (χ4n) is 6.08. The minimum absolute atomic E-state index is 0.0264. The van der Waals surface area contributed by atoms with E-state index in [4.69, 9.17) is 0 Å². The van der Waals surface area contributed by atoms with Crippen LogP contribution in [0.3, 0.4) is 0 Å². The molecule has 4 rings (SSSR count). The fourth-order valence-corrected chi connectivity index (χ4v) is 6.81. The van der Waals surface area contributed by atoms with E-state index < -0.39 is 34.8 Å². The van der Waals surface area contributed by atoms with Crippen molar-refractivity contribution in [3.8, 4) is 0 Å². The monoisotopic (exact) mass is 655 g/mol. The van der Waals surface area contributed by atoms with Crippen LogP contribution in [0.5, 0.6) is 0 Å². The van der Waals surface area contributed by atoms with Gasteiger partial charge in [0, 0.05) is 17.7 Å². The van der Waals surface area contributed by atoms with Crippen molar-refractivity contribution in [1.82, 2.24) is 0 Å². The van der Waals surface area contributed by atoms with E-state index in [1.807, 2.05) is 48.5 Å². The summed E-state index contributed by atoms with van der Waals surface area (Å²) in [7, 11) is -2.98. The molecule has 4 N–H and O–H groups in total. The zero-order valence-electron chi connectivity index (χ0n) is 26.4. The molecule has 0 aliphatic carbocycles. The molecule has 1 aliphatic rings. The SMILES string of the molecule is CS(=O)(=O)CCCCc1ccc(N2C(=O)C(CC[C@H](O)c3ccc(F)cc3)[C@H]2c2ccc(CCCCC(O)(CO)CO)cc2)cc1. The molecule has 0 aromatic heterocycles. The summed E-state index contributed by atoms with van der Waals surface area (Å²) in [6.45, 7) is -0.962. The number of halogens is 1. The van der Waals surface area contributed by atoms with Gasteiger partial charge in [-0.25, -0.2) is 12.8 Å². The van der Waals surface area contributed by atoms with Gasteiger partial charge in [-0.3, -0.25) is 4.79 Å². The number of nitrogens with zero attached hydrogens (tertiary/aromatic N) is 1. The summed E-state index contributed by atoms with van der Waals surface area (Å²) in [6, 6.07) is 21.4. The number of hydrogen-bond acceptors (Lipinski definition) is 7. The quantitative estimate of drug-likeness (QED) is 0.114. The van der Waals surface area contributed by atoms with Gasteiger partial charge in [0.1, 0.15) is 21.3 Å². The number of aliphatic hydroxyl groups excluding tert-OH is 3. The van der Waals surface area contributed by atoms with E-state index in [0.29, 0.717) is 37.7 Å². The van der Waals surface area contributed by atoms with Crippen molar-refractivity contribution < 1.29 is 38.0 Å². The van der Waals surface area contributed by atoms with E-state index >= 15 is 0 Å². The van der Waals surface area contributed by atoms with Crippen LogP contribution < -0.4 is 4.90 Å². The van der Waals surface area contributed by atoms with Crippen molar-refractivity contribution in [2.45, 2.75) is 75.5 Å². The van der Waals surface area contributed by atoms with Crippen LogP contribution >= 0.6 is 0 Å². The number of amides is 1. The summed E-state index contributed by atoms with van der Waals surface area (Å²) in [4.78, 5) is 15.4. The van der Waals surface area contributed by atoms with Crippen LogP contribution in [0.15, 0.2) is 72.8 Å². The van der Waals surface area contributed by atoms with E-state index in [0.717, 1.165) is 48.1 Å². The third-order valence-corrected chi connectivity index (χ3v) is 9.96. The van der Waals surface area contributed by atoms with Gasteiger partial charge in [0.05, 0.1) is 31.3 Å². The Hall–Kier alpha value is -3.15. The lowest BCUT2D eigenvalue weighted by Crippen LogP contribution is -2.55. The molecule has 1 aliphatic heterocycles. The Morgan fingerprint density at radius 2 is 1.41 bits per heavy atom. The molecule has 3 aromatic rings. The molecule has 0 spiro atoms. The highest BCUT2D eigenvalue weighted by atomic mass is 32.2. The van der Waals surface area contributed by atoms with Gasteiger partial charge in [0.15, 0.2) is 0 Å². The lowest BCUT2D eigenvalue weighted by molar-refractivity contribution is -0.131. The van der Waals surface area contributed by atoms with Gasteiger partial charge < -0.3 is 25.3 Å². The van der Waals surface area contributed by atoms with Gasteiger partial charge in [0.25, 0.3) is 0 Å².